The number of para-hydroxylation sites is 1. The molecule has 0 heterocycles. The van der Waals surface area contributed by atoms with Gasteiger partial charge < -0.3 is 0 Å². The summed E-state index contributed by atoms with van der Waals surface area (Å²) in [5.41, 5.74) is 2.58. The zero-order valence-corrected chi connectivity index (χ0v) is 10.9. The van der Waals surface area contributed by atoms with Gasteiger partial charge in [0.15, 0.2) is 0 Å². The molecule has 0 aliphatic heterocycles. The zero-order chi connectivity index (χ0) is 14.5. The van der Waals surface area contributed by atoms with E-state index in [4.69, 9.17) is 0 Å². The number of nitro groups is 1. The van der Waals surface area contributed by atoms with Crippen LogP contribution in [0.5, 0.6) is 0 Å². The van der Waals surface area contributed by atoms with Gasteiger partial charge in [-0.3, -0.25) is 10.1 Å². The second-order valence-corrected chi connectivity index (χ2v) is 4.30. The second kappa shape index (κ2) is 5.81. The summed E-state index contributed by atoms with van der Waals surface area (Å²) >= 11 is 0. The summed E-state index contributed by atoms with van der Waals surface area (Å²) < 4.78 is 0. The zero-order valence-electron chi connectivity index (χ0n) is 10.9. The molecular formula is C16H12N2O2. The highest BCUT2D eigenvalue weighted by atomic mass is 16.6. The summed E-state index contributed by atoms with van der Waals surface area (Å²) in [6, 6.07) is 16.0. The van der Waals surface area contributed by atoms with E-state index in [0.717, 1.165) is 11.1 Å². The molecule has 98 valence electrons. The van der Waals surface area contributed by atoms with Crippen molar-refractivity contribution in [2.75, 3.05) is 0 Å². The van der Waals surface area contributed by atoms with Gasteiger partial charge in [0.25, 0.3) is 5.69 Å². The van der Waals surface area contributed by atoms with Crippen molar-refractivity contribution in [1.82, 2.24) is 0 Å². The summed E-state index contributed by atoms with van der Waals surface area (Å²) in [5, 5.41) is 20.3. The lowest BCUT2D eigenvalue weighted by molar-refractivity contribution is -0.385. The van der Waals surface area contributed by atoms with E-state index in [1.165, 1.54) is 6.07 Å². The third-order valence-corrected chi connectivity index (χ3v) is 2.99. The van der Waals surface area contributed by atoms with Gasteiger partial charge in [-0.25, -0.2) is 0 Å². The van der Waals surface area contributed by atoms with E-state index in [2.05, 4.69) is 6.07 Å². The molecule has 20 heavy (non-hydrogen) atoms. The Morgan fingerprint density at radius 1 is 1.20 bits per heavy atom. The van der Waals surface area contributed by atoms with Gasteiger partial charge in [-0.1, -0.05) is 36.4 Å². The Morgan fingerprint density at radius 3 is 2.50 bits per heavy atom. The van der Waals surface area contributed by atoms with Crippen LogP contribution in [0.25, 0.3) is 11.6 Å². The van der Waals surface area contributed by atoms with Crippen molar-refractivity contribution < 1.29 is 4.92 Å². The minimum Gasteiger partial charge on any atom is -0.258 e. The molecule has 0 saturated heterocycles. The Morgan fingerprint density at radius 2 is 1.85 bits per heavy atom. The molecule has 0 N–H and O–H groups in total. The lowest BCUT2D eigenvalue weighted by atomic mass is 9.99. The van der Waals surface area contributed by atoms with E-state index in [9.17, 15) is 15.4 Å². The second-order valence-electron chi connectivity index (χ2n) is 4.30. The largest absolute Gasteiger partial charge is 0.276 e. The first-order valence-corrected chi connectivity index (χ1v) is 6.04. The highest BCUT2D eigenvalue weighted by Gasteiger charge is 2.12. The van der Waals surface area contributed by atoms with Gasteiger partial charge >= 0.3 is 0 Å². The summed E-state index contributed by atoms with van der Waals surface area (Å²) in [7, 11) is 0. The highest BCUT2D eigenvalue weighted by Crippen LogP contribution is 2.25. The lowest BCUT2D eigenvalue weighted by Gasteiger charge is -2.04. The molecule has 0 unspecified atom stereocenters. The van der Waals surface area contributed by atoms with E-state index in [1.54, 1.807) is 24.3 Å². The monoisotopic (exact) mass is 264 g/mol. The van der Waals surface area contributed by atoms with Crippen LogP contribution in [0.15, 0.2) is 48.5 Å². The molecule has 0 aliphatic rings. The van der Waals surface area contributed by atoms with Crippen LogP contribution in [0, 0.1) is 28.4 Å². The lowest BCUT2D eigenvalue weighted by Crippen LogP contribution is -1.92. The molecule has 2 aromatic carbocycles. The Balaban J connectivity index is 2.57. The van der Waals surface area contributed by atoms with Gasteiger partial charge in [-0.05, 0) is 30.2 Å². The average Bonchev–Trinajstić information content (AvgIpc) is 2.46. The number of nitrogens with zero attached hydrogens (tertiary/aromatic N) is 2. The van der Waals surface area contributed by atoms with Crippen molar-refractivity contribution in [3.8, 4) is 6.07 Å². The number of hydrogen-bond acceptors (Lipinski definition) is 3. The number of rotatable bonds is 3. The highest BCUT2D eigenvalue weighted by molar-refractivity contribution is 5.92. The molecule has 0 bridgehead atoms. The number of aryl methyl sites for hydroxylation is 1. The first kappa shape index (κ1) is 13.5. The van der Waals surface area contributed by atoms with Crippen molar-refractivity contribution in [3.05, 3.63) is 75.3 Å². The predicted octanol–water partition coefficient (Wildman–Crippen LogP) is 3.97. The van der Waals surface area contributed by atoms with Crippen molar-refractivity contribution in [1.29, 1.82) is 5.26 Å². The van der Waals surface area contributed by atoms with E-state index in [1.807, 2.05) is 31.2 Å². The maximum absolute atomic E-state index is 11.0. The summed E-state index contributed by atoms with van der Waals surface area (Å²) in [5.74, 6) is 0. The van der Waals surface area contributed by atoms with Crippen LogP contribution in [0.2, 0.25) is 0 Å². The summed E-state index contributed by atoms with van der Waals surface area (Å²) in [6.07, 6.45) is 1.56. The summed E-state index contributed by atoms with van der Waals surface area (Å²) in [4.78, 5) is 10.5. The van der Waals surface area contributed by atoms with Crippen LogP contribution in [-0.2, 0) is 0 Å². The Hall–Kier alpha value is -2.93. The molecule has 4 nitrogen and oxygen atoms in total. The molecule has 0 atom stereocenters. The van der Waals surface area contributed by atoms with Crippen molar-refractivity contribution in [2.45, 2.75) is 6.92 Å². The van der Waals surface area contributed by atoms with Gasteiger partial charge in [0, 0.05) is 6.07 Å². The summed E-state index contributed by atoms with van der Waals surface area (Å²) in [6.45, 7) is 1.90. The van der Waals surface area contributed by atoms with Gasteiger partial charge in [0.05, 0.1) is 22.1 Å². The van der Waals surface area contributed by atoms with E-state index in [0.29, 0.717) is 11.1 Å². The van der Waals surface area contributed by atoms with Gasteiger partial charge in [-0.2, -0.15) is 5.26 Å². The first-order chi connectivity index (χ1) is 9.63. The fourth-order valence-corrected chi connectivity index (χ4v) is 1.98. The molecule has 4 heteroatoms. The van der Waals surface area contributed by atoms with Gasteiger partial charge in [0.1, 0.15) is 0 Å². The van der Waals surface area contributed by atoms with Crippen LogP contribution < -0.4 is 0 Å². The Kier molecular flexibility index (Phi) is 3.92. The molecule has 2 rings (SSSR count). The van der Waals surface area contributed by atoms with E-state index < -0.39 is 4.92 Å². The SMILES string of the molecule is Cc1ccccc1/C(C#N)=C/c1ccccc1[N+](=O)[O-]. The van der Waals surface area contributed by atoms with Crippen molar-refractivity contribution in [3.63, 3.8) is 0 Å². The molecule has 0 aliphatic carbocycles. The van der Waals surface area contributed by atoms with Crippen LogP contribution in [-0.4, -0.2) is 4.92 Å². The van der Waals surface area contributed by atoms with Crippen molar-refractivity contribution >= 4 is 17.3 Å². The molecule has 0 radical (unpaired) electrons. The standard InChI is InChI=1S/C16H12N2O2/c1-12-6-2-4-8-15(12)14(11-17)10-13-7-3-5-9-16(13)18(19)20/h2-10H,1H3/b14-10+. The number of benzene rings is 2. The fourth-order valence-electron chi connectivity index (χ4n) is 1.98. The number of hydrogen-bond donors (Lipinski definition) is 0. The van der Waals surface area contributed by atoms with Crippen molar-refractivity contribution in [2.24, 2.45) is 0 Å². The molecular weight excluding hydrogens is 252 g/mol. The maximum Gasteiger partial charge on any atom is 0.276 e. The fraction of sp³-hybridized carbons (Fsp3) is 0.0625. The minimum absolute atomic E-state index is 0.00571. The average molecular weight is 264 g/mol. The first-order valence-electron chi connectivity index (χ1n) is 6.04. The van der Waals surface area contributed by atoms with Gasteiger partial charge in [-0.15, -0.1) is 0 Å². The normalized spacial score (nSPS) is 10.9. The van der Waals surface area contributed by atoms with E-state index in [-0.39, 0.29) is 5.69 Å². The van der Waals surface area contributed by atoms with Crippen LogP contribution in [0.3, 0.4) is 0 Å². The van der Waals surface area contributed by atoms with Gasteiger partial charge in [0.2, 0.25) is 0 Å². The minimum atomic E-state index is -0.446. The predicted molar refractivity (Wildman–Crippen MR) is 77.8 cm³/mol. The smallest absolute Gasteiger partial charge is 0.258 e. The Bertz CT molecular complexity index is 727. The molecule has 0 spiro atoms. The number of allylic oxidation sites excluding steroid dienone is 1. The molecule has 2 aromatic rings. The number of nitro benzene ring substituents is 1. The van der Waals surface area contributed by atoms with E-state index >= 15 is 0 Å². The molecule has 0 saturated carbocycles. The maximum atomic E-state index is 11.0. The van der Waals surface area contributed by atoms with Crippen LogP contribution in [0.4, 0.5) is 5.69 Å². The third-order valence-electron chi connectivity index (χ3n) is 2.99. The molecule has 0 amide bonds. The number of nitriles is 1. The molecule has 0 fully saturated rings. The third kappa shape index (κ3) is 2.73. The van der Waals surface area contributed by atoms with Crippen LogP contribution >= 0.6 is 0 Å². The molecule has 0 aromatic heterocycles. The Labute approximate surface area is 116 Å². The van der Waals surface area contributed by atoms with Crippen LogP contribution in [0.1, 0.15) is 16.7 Å². The quantitative estimate of drug-likeness (QED) is 0.364. The topological polar surface area (TPSA) is 66.9 Å².